The molecule has 1 atom stereocenters. The molecule has 14 heavy (non-hydrogen) atoms. The molecule has 0 amide bonds. The van der Waals surface area contributed by atoms with E-state index in [1.165, 1.54) is 37.4 Å². The molecule has 3 heteroatoms. The molecule has 1 aromatic heterocycles. The zero-order chi connectivity index (χ0) is 9.80. The van der Waals surface area contributed by atoms with Crippen molar-refractivity contribution in [2.75, 3.05) is 19.6 Å². The smallest absolute Gasteiger partial charge is 0.0401 e. The van der Waals surface area contributed by atoms with E-state index >= 15 is 0 Å². The molecule has 0 bridgehead atoms. The van der Waals surface area contributed by atoms with E-state index in [9.17, 15) is 0 Å². The fourth-order valence-corrected chi connectivity index (χ4v) is 2.74. The largest absolute Gasteiger partial charge is 0.323 e. The van der Waals surface area contributed by atoms with Gasteiger partial charge in [-0.05, 0) is 50.3 Å². The summed E-state index contributed by atoms with van der Waals surface area (Å²) in [6.45, 7) is 3.72. The molecule has 0 aromatic carbocycles. The van der Waals surface area contributed by atoms with Gasteiger partial charge in [-0.15, -0.1) is 11.3 Å². The zero-order valence-corrected chi connectivity index (χ0v) is 9.30. The number of likely N-dealkylation sites (tertiary alicyclic amines) is 1. The van der Waals surface area contributed by atoms with Crippen molar-refractivity contribution in [1.82, 2.24) is 4.90 Å². The van der Waals surface area contributed by atoms with Crippen molar-refractivity contribution in [3.05, 3.63) is 22.4 Å². The number of nitrogens with zero attached hydrogens (tertiary/aromatic N) is 1. The number of thiophene rings is 1. The van der Waals surface area contributed by atoms with Gasteiger partial charge >= 0.3 is 0 Å². The molecular weight excluding hydrogens is 192 g/mol. The van der Waals surface area contributed by atoms with Crippen LogP contribution < -0.4 is 5.73 Å². The van der Waals surface area contributed by atoms with Gasteiger partial charge in [0.15, 0.2) is 0 Å². The molecule has 2 nitrogen and oxygen atoms in total. The van der Waals surface area contributed by atoms with Gasteiger partial charge in [-0.1, -0.05) is 6.07 Å². The van der Waals surface area contributed by atoms with Crippen molar-refractivity contribution < 1.29 is 0 Å². The van der Waals surface area contributed by atoms with Gasteiger partial charge in [-0.3, -0.25) is 0 Å². The van der Waals surface area contributed by atoms with E-state index in [0.717, 1.165) is 6.42 Å². The Kier molecular flexibility index (Phi) is 3.56. The van der Waals surface area contributed by atoms with Crippen molar-refractivity contribution in [2.45, 2.75) is 25.3 Å². The van der Waals surface area contributed by atoms with Crippen molar-refractivity contribution in [3.63, 3.8) is 0 Å². The minimum Gasteiger partial charge on any atom is -0.323 e. The summed E-state index contributed by atoms with van der Waals surface area (Å²) in [5.74, 6) is 0. The summed E-state index contributed by atoms with van der Waals surface area (Å²) in [6.07, 6.45) is 3.84. The Labute approximate surface area is 89.7 Å². The lowest BCUT2D eigenvalue weighted by Gasteiger charge is -2.17. The van der Waals surface area contributed by atoms with Crippen LogP contribution in [0.2, 0.25) is 0 Å². The minimum atomic E-state index is 0.246. The number of nitrogens with two attached hydrogens (primary N) is 1. The first-order valence-electron chi connectivity index (χ1n) is 5.37. The Bertz CT molecular complexity index is 252. The molecule has 1 fully saturated rings. The molecule has 0 spiro atoms. The number of hydrogen-bond acceptors (Lipinski definition) is 3. The van der Waals surface area contributed by atoms with Crippen LogP contribution in [0.5, 0.6) is 0 Å². The summed E-state index contributed by atoms with van der Waals surface area (Å²) in [5, 5.41) is 2.10. The first-order chi connectivity index (χ1) is 6.86. The standard InChI is InChI=1S/C11H18N2S/c12-10(11-4-3-9-14-11)5-8-13-6-1-2-7-13/h3-4,9-10H,1-2,5-8,12H2/t10-/m0/s1. The first-order valence-corrected chi connectivity index (χ1v) is 6.25. The van der Waals surface area contributed by atoms with Crippen LogP contribution in [0.3, 0.4) is 0 Å². The van der Waals surface area contributed by atoms with Gasteiger partial charge in [-0.2, -0.15) is 0 Å². The van der Waals surface area contributed by atoms with Gasteiger partial charge in [0, 0.05) is 10.9 Å². The fraction of sp³-hybridized carbons (Fsp3) is 0.636. The normalized spacial score (nSPS) is 20.1. The van der Waals surface area contributed by atoms with E-state index in [1.54, 1.807) is 11.3 Å². The van der Waals surface area contributed by atoms with Crippen LogP contribution in [0.4, 0.5) is 0 Å². The first kappa shape index (κ1) is 10.1. The topological polar surface area (TPSA) is 29.3 Å². The van der Waals surface area contributed by atoms with Gasteiger partial charge in [-0.25, -0.2) is 0 Å². The molecule has 78 valence electrons. The average Bonchev–Trinajstić information content (AvgIpc) is 2.87. The molecule has 1 saturated heterocycles. The van der Waals surface area contributed by atoms with Crippen LogP contribution in [0.25, 0.3) is 0 Å². The second-order valence-corrected chi connectivity index (χ2v) is 4.94. The van der Waals surface area contributed by atoms with Crippen LogP contribution in [0, 0.1) is 0 Å². The molecular formula is C11H18N2S. The van der Waals surface area contributed by atoms with Crippen molar-refractivity contribution in [1.29, 1.82) is 0 Å². The van der Waals surface area contributed by atoms with E-state index in [0.29, 0.717) is 0 Å². The predicted molar refractivity (Wildman–Crippen MR) is 61.5 cm³/mol. The highest BCUT2D eigenvalue weighted by Gasteiger charge is 2.13. The fourth-order valence-electron chi connectivity index (χ4n) is 1.97. The van der Waals surface area contributed by atoms with Crippen LogP contribution in [0.1, 0.15) is 30.2 Å². The molecule has 1 aliphatic heterocycles. The van der Waals surface area contributed by atoms with E-state index < -0.39 is 0 Å². The molecule has 1 aromatic rings. The second kappa shape index (κ2) is 4.91. The van der Waals surface area contributed by atoms with Crippen LogP contribution in [-0.4, -0.2) is 24.5 Å². The molecule has 0 radical (unpaired) electrons. The Balaban J connectivity index is 1.74. The molecule has 1 aliphatic rings. The van der Waals surface area contributed by atoms with E-state index in [1.807, 2.05) is 0 Å². The van der Waals surface area contributed by atoms with Crippen LogP contribution >= 0.6 is 11.3 Å². The van der Waals surface area contributed by atoms with E-state index in [-0.39, 0.29) is 6.04 Å². The Hall–Kier alpha value is -0.380. The van der Waals surface area contributed by atoms with Gasteiger partial charge in [0.2, 0.25) is 0 Å². The summed E-state index contributed by atoms with van der Waals surface area (Å²) in [4.78, 5) is 3.84. The molecule has 0 aliphatic carbocycles. The Morgan fingerprint density at radius 3 is 2.86 bits per heavy atom. The van der Waals surface area contributed by atoms with Crippen LogP contribution in [-0.2, 0) is 0 Å². The highest BCUT2D eigenvalue weighted by atomic mass is 32.1. The summed E-state index contributed by atoms with van der Waals surface area (Å²) in [6, 6.07) is 4.46. The van der Waals surface area contributed by atoms with Gasteiger partial charge in [0.25, 0.3) is 0 Å². The lowest BCUT2D eigenvalue weighted by molar-refractivity contribution is 0.323. The summed E-state index contributed by atoms with van der Waals surface area (Å²) < 4.78 is 0. The third-order valence-corrected chi connectivity index (χ3v) is 3.87. The summed E-state index contributed by atoms with van der Waals surface area (Å²) in [7, 11) is 0. The molecule has 2 N–H and O–H groups in total. The SMILES string of the molecule is N[C@@H](CCN1CCCC1)c1cccs1. The Morgan fingerprint density at radius 2 is 2.21 bits per heavy atom. The lowest BCUT2D eigenvalue weighted by Crippen LogP contribution is -2.24. The Morgan fingerprint density at radius 1 is 1.43 bits per heavy atom. The van der Waals surface area contributed by atoms with Gasteiger partial charge < -0.3 is 10.6 Å². The minimum absolute atomic E-state index is 0.246. The molecule has 0 saturated carbocycles. The number of hydrogen-bond donors (Lipinski definition) is 1. The van der Waals surface area contributed by atoms with Gasteiger partial charge in [0.05, 0.1) is 0 Å². The number of rotatable bonds is 4. The van der Waals surface area contributed by atoms with Crippen molar-refractivity contribution in [2.24, 2.45) is 5.73 Å². The third kappa shape index (κ3) is 2.56. The maximum Gasteiger partial charge on any atom is 0.0401 e. The van der Waals surface area contributed by atoms with Crippen molar-refractivity contribution >= 4 is 11.3 Å². The zero-order valence-electron chi connectivity index (χ0n) is 8.48. The summed E-state index contributed by atoms with van der Waals surface area (Å²) >= 11 is 1.77. The second-order valence-electron chi connectivity index (χ2n) is 3.96. The van der Waals surface area contributed by atoms with E-state index in [4.69, 9.17) is 5.73 Å². The molecule has 0 unspecified atom stereocenters. The van der Waals surface area contributed by atoms with Crippen molar-refractivity contribution in [3.8, 4) is 0 Å². The highest BCUT2D eigenvalue weighted by Crippen LogP contribution is 2.20. The quantitative estimate of drug-likeness (QED) is 0.826. The lowest BCUT2D eigenvalue weighted by atomic mass is 10.2. The van der Waals surface area contributed by atoms with Gasteiger partial charge in [0.1, 0.15) is 0 Å². The maximum absolute atomic E-state index is 6.10. The van der Waals surface area contributed by atoms with E-state index in [2.05, 4.69) is 22.4 Å². The van der Waals surface area contributed by atoms with Crippen LogP contribution in [0.15, 0.2) is 17.5 Å². The molecule has 2 heterocycles. The highest BCUT2D eigenvalue weighted by molar-refractivity contribution is 7.10. The molecule has 2 rings (SSSR count). The third-order valence-electron chi connectivity index (χ3n) is 2.86. The summed E-state index contributed by atoms with van der Waals surface area (Å²) in [5.41, 5.74) is 6.10. The maximum atomic E-state index is 6.10. The monoisotopic (exact) mass is 210 g/mol. The predicted octanol–water partition coefficient (Wildman–Crippen LogP) is 2.23. The average molecular weight is 210 g/mol.